The van der Waals surface area contributed by atoms with Gasteiger partial charge in [0.25, 0.3) is 5.56 Å². The van der Waals surface area contributed by atoms with E-state index < -0.39 is 9.84 Å². The predicted octanol–water partition coefficient (Wildman–Crippen LogP) is 2.73. The van der Waals surface area contributed by atoms with E-state index in [9.17, 15) is 13.2 Å². The Morgan fingerprint density at radius 1 is 1.00 bits per heavy atom. The lowest BCUT2D eigenvalue weighted by atomic mass is 10.1. The summed E-state index contributed by atoms with van der Waals surface area (Å²) in [7, 11) is -1.20. The van der Waals surface area contributed by atoms with Crippen molar-refractivity contribution >= 4 is 27.0 Å². The van der Waals surface area contributed by atoms with Gasteiger partial charge in [-0.1, -0.05) is 24.3 Å². The quantitative estimate of drug-likeness (QED) is 0.693. The Bertz CT molecular complexity index is 1220. The summed E-state index contributed by atoms with van der Waals surface area (Å²) in [6.07, 6.45) is 1.74. The monoisotopic (exact) mass is 424 g/mol. The van der Waals surface area contributed by atoms with E-state index in [1.165, 1.54) is 4.57 Å². The third-order valence-electron chi connectivity index (χ3n) is 5.33. The van der Waals surface area contributed by atoms with Crippen LogP contribution in [0.1, 0.15) is 5.56 Å². The van der Waals surface area contributed by atoms with E-state index in [-0.39, 0.29) is 22.9 Å². The average molecular weight is 425 g/mol. The SMILES string of the molecule is Cc1ccccc1-c1cn(C)c(=O)c(Nc2ccc(N3CCS(=O)(=O)CC3)cc2)n1. The molecule has 2 heterocycles. The molecule has 0 unspecified atom stereocenters. The Hall–Kier alpha value is -3.13. The lowest BCUT2D eigenvalue weighted by molar-refractivity contribution is 0.587. The van der Waals surface area contributed by atoms with Crippen LogP contribution >= 0.6 is 0 Å². The Kier molecular flexibility index (Phi) is 5.34. The van der Waals surface area contributed by atoms with Crippen LogP contribution in [0.15, 0.2) is 59.5 Å². The third kappa shape index (κ3) is 4.23. The first-order valence-electron chi connectivity index (χ1n) is 9.78. The van der Waals surface area contributed by atoms with Gasteiger partial charge in [0.05, 0.1) is 17.2 Å². The summed E-state index contributed by atoms with van der Waals surface area (Å²) in [6, 6.07) is 15.5. The highest BCUT2D eigenvalue weighted by molar-refractivity contribution is 7.91. The summed E-state index contributed by atoms with van der Waals surface area (Å²) < 4.78 is 24.8. The standard InChI is InChI=1S/C22H24N4O3S/c1-16-5-3-4-6-19(16)20-15-25(2)22(27)21(24-20)23-17-7-9-18(10-8-17)26-11-13-30(28,29)14-12-26/h3-10,15H,11-14H2,1-2H3,(H,23,24). The number of rotatable bonds is 4. The van der Waals surface area contributed by atoms with Crippen LogP contribution in [0.25, 0.3) is 11.3 Å². The minimum Gasteiger partial charge on any atom is -0.369 e. The second-order valence-electron chi connectivity index (χ2n) is 7.52. The van der Waals surface area contributed by atoms with Crippen LogP contribution < -0.4 is 15.8 Å². The maximum Gasteiger partial charge on any atom is 0.293 e. The Labute approximate surface area is 175 Å². The van der Waals surface area contributed by atoms with Crippen molar-refractivity contribution < 1.29 is 8.42 Å². The molecule has 30 heavy (non-hydrogen) atoms. The van der Waals surface area contributed by atoms with Gasteiger partial charge in [-0.05, 0) is 36.8 Å². The Balaban J connectivity index is 1.57. The highest BCUT2D eigenvalue weighted by Crippen LogP contribution is 2.24. The number of anilines is 3. The van der Waals surface area contributed by atoms with E-state index in [4.69, 9.17) is 0 Å². The summed E-state index contributed by atoms with van der Waals surface area (Å²) in [5, 5.41) is 3.13. The Morgan fingerprint density at radius 3 is 2.33 bits per heavy atom. The molecule has 0 amide bonds. The van der Waals surface area contributed by atoms with Crippen molar-refractivity contribution in [2.75, 3.05) is 34.8 Å². The smallest absolute Gasteiger partial charge is 0.293 e. The highest BCUT2D eigenvalue weighted by atomic mass is 32.2. The van der Waals surface area contributed by atoms with Crippen LogP contribution in [-0.4, -0.2) is 42.6 Å². The van der Waals surface area contributed by atoms with Gasteiger partial charge in [-0.25, -0.2) is 13.4 Å². The molecule has 0 saturated carbocycles. The van der Waals surface area contributed by atoms with Crippen LogP contribution in [0.3, 0.4) is 0 Å². The number of aromatic nitrogens is 2. The van der Waals surface area contributed by atoms with E-state index in [0.29, 0.717) is 13.1 Å². The van der Waals surface area contributed by atoms with Gasteiger partial charge >= 0.3 is 0 Å². The van der Waals surface area contributed by atoms with Crippen LogP contribution in [0.2, 0.25) is 0 Å². The molecule has 1 N–H and O–H groups in total. The number of aryl methyl sites for hydroxylation is 2. The molecule has 1 aliphatic rings. The fourth-order valence-electron chi connectivity index (χ4n) is 3.54. The molecule has 156 valence electrons. The van der Waals surface area contributed by atoms with Crippen LogP contribution in [-0.2, 0) is 16.9 Å². The maximum absolute atomic E-state index is 12.6. The van der Waals surface area contributed by atoms with Gasteiger partial charge in [0.2, 0.25) is 0 Å². The molecule has 0 spiro atoms. The molecule has 1 fully saturated rings. The molecular weight excluding hydrogens is 400 g/mol. The van der Waals surface area contributed by atoms with E-state index in [1.54, 1.807) is 13.2 Å². The summed E-state index contributed by atoms with van der Waals surface area (Å²) in [5.41, 5.74) is 4.29. The molecule has 7 nitrogen and oxygen atoms in total. The third-order valence-corrected chi connectivity index (χ3v) is 6.94. The van der Waals surface area contributed by atoms with Gasteiger partial charge in [-0.2, -0.15) is 0 Å². The summed E-state index contributed by atoms with van der Waals surface area (Å²) in [6.45, 7) is 3.01. The second kappa shape index (κ2) is 7.95. The zero-order chi connectivity index (χ0) is 21.3. The first-order valence-corrected chi connectivity index (χ1v) is 11.6. The molecule has 4 rings (SSSR count). The summed E-state index contributed by atoms with van der Waals surface area (Å²) in [4.78, 5) is 19.2. The zero-order valence-electron chi connectivity index (χ0n) is 17.0. The van der Waals surface area contributed by atoms with Crippen LogP contribution in [0.4, 0.5) is 17.2 Å². The fourth-order valence-corrected chi connectivity index (χ4v) is 4.74. The second-order valence-corrected chi connectivity index (χ2v) is 9.82. The van der Waals surface area contributed by atoms with Gasteiger partial charge < -0.3 is 14.8 Å². The van der Waals surface area contributed by atoms with E-state index in [2.05, 4.69) is 15.2 Å². The zero-order valence-corrected chi connectivity index (χ0v) is 17.8. The van der Waals surface area contributed by atoms with Crippen molar-refractivity contribution in [1.29, 1.82) is 0 Å². The molecule has 8 heteroatoms. The van der Waals surface area contributed by atoms with Crippen molar-refractivity contribution in [2.45, 2.75) is 6.92 Å². The van der Waals surface area contributed by atoms with Crippen molar-refractivity contribution in [1.82, 2.24) is 9.55 Å². The number of benzene rings is 2. The average Bonchev–Trinajstić information content (AvgIpc) is 2.72. The fraction of sp³-hybridized carbons (Fsp3) is 0.273. The normalized spacial score (nSPS) is 15.7. The van der Waals surface area contributed by atoms with Crippen LogP contribution in [0.5, 0.6) is 0 Å². The van der Waals surface area contributed by atoms with Crippen molar-refractivity contribution in [3.63, 3.8) is 0 Å². The van der Waals surface area contributed by atoms with Crippen molar-refractivity contribution in [3.8, 4) is 11.3 Å². The summed E-state index contributed by atoms with van der Waals surface area (Å²) in [5.74, 6) is 0.618. The number of nitrogens with zero attached hydrogens (tertiary/aromatic N) is 3. The predicted molar refractivity (Wildman–Crippen MR) is 120 cm³/mol. The molecule has 0 aliphatic carbocycles. The molecular formula is C22H24N4O3S. The summed E-state index contributed by atoms with van der Waals surface area (Å²) >= 11 is 0. The number of hydrogen-bond acceptors (Lipinski definition) is 6. The van der Waals surface area contributed by atoms with Gasteiger partial charge in [-0.3, -0.25) is 4.79 Å². The molecule has 0 atom stereocenters. The van der Waals surface area contributed by atoms with Gasteiger partial charge in [0.15, 0.2) is 15.7 Å². The molecule has 1 aliphatic heterocycles. The molecule has 0 radical (unpaired) electrons. The first-order chi connectivity index (χ1) is 14.3. The Morgan fingerprint density at radius 2 is 1.67 bits per heavy atom. The van der Waals surface area contributed by atoms with Gasteiger partial charge in [-0.15, -0.1) is 0 Å². The van der Waals surface area contributed by atoms with Gasteiger partial charge in [0, 0.05) is 43.3 Å². The van der Waals surface area contributed by atoms with Crippen molar-refractivity contribution in [3.05, 3.63) is 70.6 Å². The molecule has 1 saturated heterocycles. The minimum absolute atomic E-state index is 0.179. The first kappa shape index (κ1) is 20.2. The molecule has 2 aromatic carbocycles. The molecule has 1 aromatic heterocycles. The maximum atomic E-state index is 12.6. The molecule has 0 bridgehead atoms. The van der Waals surface area contributed by atoms with E-state index in [1.807, 2.05) is 55.5 Å². The minimum atomic E-state index is -2.91. The van der Waals surface area contributed by atoms with E-state index in [0.717, 1.165) is 28.2 Å². The van der Waals surface area contributed by atoms with Gasteiger partial charge in [0.1, 0.15) is 0 Å². The largest absolute Gasteiger partial charge is 0.369 e. The number of nitrogens with one attached hydrogen (secondary N) is 1. The van der Waals surface area contributed by atoms with Crippen LogP contribution in [0, 0.1) is 6.92 Å². The lowest BCUT2D eigenvalue weighted by Crippen LogP contribution is -2.40. The number of hydrogen-bond donors (Lipinski definition) is 1. The van der Waals surface area contributed by atoms with Crippen molar-refractivity contribution in [2.24, 2.45) is 7.05 Å². The highest BCUT2D eigenvalue weighted by Gasteiger charge is 2.21. The topological polar surface area (TPSA) is 84.3 Å². The molecule has 3 aromatic rings. The number of sulfone groups is 1. The lowest BCUT2D eigenvalue weighted by Gasteiger charge is -2.28. The van der Waals surface area contributed by atoms with E-state index >= 15 is 0 Å².